The highest BCUT2D eigenvalue weighted by Crippen LogP contribution is 2.29. The van der Waals surface area contributed by atoms with Crippen molar-refractivity contribution in [2.75, 3.05) is 6.54 Å². The van der Waals surface area contributed by atoms with Gasteiger partial charge in [-0.1, -0.05) is 6.92 Å². The lowest BCUT2D eigenvalue weighted by atomic mass is 10.1. The van der Waals surface area contributed by atoms with Gasteiger partial charge in [0.2, 0.25) is 5.91 Å². The number of hydrogen-bond donors (Lipinski definition) is 2. The van der Waals surface area contributed by atoms with Crippen LogP contribution in [0, 0.1) is 0 Å². The van der Waals surface area contributed by atoms with Gasteiger partial charge in [-0.15, -0.1) is 0 Å². The highest BCUT2D eigenvalue weighted by atomic mass is 19.4. The van der Waals surface area contributed by atoms with Gasteiger partial charge in [0.1, 0.15) is 6.04 Å². The van der Waals surface area contributed by atoms with E-state index in [0.29, 0.717) is 6.54 Å². The number of carbonyl (C=O) groups excluding carboxylic acids is 2. The number of amides is 2. The highest BCUT2D eigenvalue weighted by Gasteiger charge is 2.30. The Kier molecular flexibility index (Phi) is 5.75. The van der Waals surface area contributed by atoms with Crippen LogP contribution in [0.4, 0.5) is 13.2 Å². The third-order valence-electron chi connectivity index (χ3n) is 2.76. The first-order valence-electron chi connectivity index (χ1n) is 6.51. The fourth-order valence-electron chi connectivity index (χ4n) is 1.56. The monoisotopic (exact) mass is 302 g/mol. The molecular weight excluding hydrogens is 285 g/mol. The second-order valence-electron chi connectivity index (χ2n) is 4.56. The first-order valence-corrected chi connectivity index (χ1v) is 6.51. The largest absolute Gasteiger partial charge is 0.416 e. The summed E-state index contributed by atoms with van der Waals surface area (Å²) in [5, 5.41) is 5.05. The second kappa shape index (κ2) is 7.10. The first kappa shape index (κ1) is 17.0. The molecule has 1 rings (SSSR count). The number of rotatable bonds is 5. The molecule has 0 aromatic heterocycles. The average molecular weight is 302 g/mol. The molecule has 2 N–H and O–H groups in total. The molecule has 2 amide bonds. The molecule has 21 heavy (non-hydrogen) atoms. The number of alkyl halides is 3. The molecule has 0 aliphatic carbocycles. The smallest absolute Gasteiger partial charge is 0.354 e. The third-order valence-corrected chi connectivity index (χ3v) is 2.76. The summed E-state index contributed by atoms with van der Waals surface area (Å²) in [7, 11) is 0. The summed E-state index contributed by atoms with van der Waals surface area (Å²) in [6.45, 7) is 3.90. The molecule has 0 heterocycles. The molecular formula is C14H17F3N2O2. The van der Waals surface area contributed by atoms with E-state index in [-0.39, 0.29) is 11.5 Å². The molecule has 1 atom stereocenters. The second-order valence-corrected chi connectivity index (χ2v) is 4.56. The molecule has 1 unspecified atom stereocenters. The van der Waals surface area contributed by atoms with Gasteiger partial charge in [0.15, 0.2) is 0 Å². The van der Waals surface area contributed by atoms with Crippen LogP contribution in [0.15, 0.2) is 24.3 Å². The van der Waals surface area contributed by atoms with Crippen LogP contribution >= 0.6 is 0 Å². The van der Waals surface area contributed by atoms with E-state index in [9.17, 15) is 22.8 Å². The Balaban J connectivity index is 2.65. The summed E-state index contributed by atoms with van der Waals surface area (Å²) in [6, 6.07) is 3.06. The zero-order valence-electron chi connectivity index (χ0n) is 11.8. The van der Waals surface area contributed by atoms with Crippen LogP contribution in [-0.2, 0) is 11.0 Å². The molecule has 0 fully saturated rings. The van der Waals surface area contributed by atoms with E-state index in [4.69, 9.17) is 0 Å². The van der Waals surface area contributed by atoms with Gasteiger partial charge in [-0.05, 0) is 37.6 Å². The summed E-state index contributed by atoms with van der Waals surface area (Å²) in [5.41, 5.74) is -0.758. The molecule has 116 valence electrons. The van der Waals surface area contributed by atoms with Crippen LogP contribution in [0.2, 0.25) is 0 Å². The Morgan fingerprint density at radius 3 is 2.24 bits per heavy atom. The maximum atomic E-state index is 12.4. The topological polar surface area (TPSA) is 58.2 Å². The zero-order valence-corrected chi connectivity index (χ0v) is 11.8. The SMILES string of the molecule is CCCNC(=O)C(C)NC(=O)c1ccc(C(F)(F)F)cc1. The fraction of sp³-hybridized carbons (Fsp3) is 0.429. The fourth-order valence-corrected chi connectivity index (χ4v) is 1.56. The molecule has 0 saturated carbocycles. The van der Waals surface area contributed by atoms with E-state index in [1.165, 1.54) is 6.92 Å². The van der Waals surface area contributed by atoms with Crippen LogP contribution in [0.3, 0.4) is 0 Å². The van der Waals surface area contributed by atoms with Crippen molar-refractivity contribution in [1.29, 1.82) is 0 Å². The lowest BCUT2D eigenvalue weighted by molar-refractivity contribution is -0.137. The minimum atomic E-state index is -4.44. The van der Waals surface area contributed by atoms with E-state index in [0.717, 1.165) is 30.7 Å². The van der Waals surface area contributed by atoms with Crippen LogP contribution in [-0.4, -0.2) is 24.4 Å². The van der Waals surface area contributed by atoms with Crippen LogP contribution in [0.5, 0.6) is 0 Å². The minimum Gasteiger partial charge on any atom is -0.354 e. The van der Waals surface area contributed by atoms with Gasteiger partial charge >= 0.3 is 6.18 Å². The van der Waals surface area contributed by atoms with Gasteiger partial charge in [-0.25, -0.2) is 0 Å². The van der Waals surface area contributed by atoms with Crippen LogP contribution < -0.4 is 10.6 Å². The molecule has 1 aromatic carbocycles. The van der Waals surface area contributed by atoms with Crippen molar-refractivity contribution in [2.24, 2.45) is 0 Å². The average Bonchev–Trinajstić information content (AvgIpc) is 2.43. The molecule has 0 aliphatic heterocycles. The van der Waals surface area contributed by atoms with Crippen molar-refractivity contribution >= 4 is 11.8 Å². The lowest BCUT2D eigenvalue weighted by Crippen LogP contribution is -2.45. The highest BCUT2D eigenvalue weighted by molar-refractivity contribution is 5.97. The minimum absolute atomic E-state index is 0.0677. The van der Waals surface area contributed by atoms with Gasteiger partial charge < -0.3 is 10.6 Å². The van der Waals surface area contributed by atoms with Gasteiger partial charge in [-0.3, -0.25) is 9.59 Å². The van der Waals surface area contributed by atoms with Gasteiger partial charge in [0.05, 0.1) is 5.56 Å². The molecule has 4 nitrogen and oxygen atoms in total. The first-order chi connectivity index (χ1) is 9.75. The van der Waals surface area contributed by atoms with Crippen molar-refractivity contribution in [2.45, 2.75) is 32.5 Å². The maximum Gasteiger partial charge on any atom is 0.416 e. The molecule has 0 aliphatic rings. The lowest BCUT2D eigenvalue weighted by Gasteiger charge is -2.14. The summed E-state index contributed by atoms with van der Waals surface area (Å²) < 4.78 is 37.2. The molecule has 0 spiro atoms. The van der Waals surface area contributed by atoms with Gasteiger partial charge in [0, 0.05) is 12.1 Å². The number of benzene rings is 1. The van der Waals surface area contributed by atoms with Crippen molar-refractivity contribution in [3.8, 4) is 0 Å². The normalized spacial score (nSPS) is 12.6. The summed E-state index contributed by atoms with van der Waals surface area (Å²) >= 11 is 0. The molecule has 0 radical (unpaired) electrons. The number of nitrogens with one attached hydrogen (secondary N) is 2. The summed E-state index contributed by atoms with van der Waals surface area (Å²) in [4.78, 5) is 23.4. The standard InChI is InChI=1S/C14H17F3N2O2/c1-3-8-18-12(20)9(2)19-13(21)10-4-6-11(7-5-10)14(15,16)17/h4-7,9H,3,8H2,1-2H3,(H,18,20)(H,19,21). The predicted molar refractivity (Wildman–Crippen MR) is 71.7 cm³/mol. The number of halogens is 3. The Morgan fingerprint density at radius 1 is 1.19 bits per heavy atom. The Morgan fingerprint density at radius 2 is 1.76 bits per heavy atom. The van der Waals surface area contributed by atoms with Crippen molar-refractivity contribution in [3.05, 3.63) is 35.4 Å². The van der Waals surface area contributed by atoms with E-state index in [1.54, 1.807) is 0 Å². The maximum absolute atomic E-state index is 12.4. The van der Waals surface area contributed by atoms with Gasteiger partial charge in [-0.2, -0.15) is 13.2 Å². The van der Waals surface area contributed by atoms with Crippen molar-refractivity contribution in [1.82, 2.24) is 10.6 Å². The quantitative estimate of drug-likeness (QED) is 0.877. The predicted octanol–water partition coefficient (Wildman–Crippen LogP) is 2.35. The zero-order chi connectivity index (χ0) is 16.0. The Hall–Kier alpha value is -2.05. The van der Waals surface area contributed by atoms with E-state index < -0.39 is 23.7 Å². The van der Waals surface area contributed by atoms with Crippen molar-refractivity contribution < 1.29 is 22.8 Å². The summed E-state index contributed by atoms with van der Waals surface area (Å²) in [6.07, 6.45) is -3.67. The summed E-state index contributed by atoms with van der Waals surface area (Å²) in [5.74, 6) is -0.931. The Labute approximate surface area is 120 Å². The van der Waals surface area contributed by atoms with Crippen molar-refractivity contribution in [3.63, 3.8) is 0 Å². The third kappa shape index (κ3) is 5.09. The van der Waals surface area contributed by atoms with E-state index in [1.807, 2.05) is 6.92 Å². The molecule has 0 saturated heterocycles. The molecule has 1 aromatic rings. The van der Waals surface area contributed by atoms with E-state index in [2.05, 4.69) is 10.6 Å². The van der Waals surface area contributed by atoms with E-state index >= 15 is 0 Å². The molecule has 0 bridgehead atoms. The number of hydrogen-bond acceptors (Lipinski definition) is 2. The Bertz CT molecular complexity index is 498. The van der Waals surface area contributed by atoms with Crippen LogP contribution in [0.1, 0.15) is 36.2 Å². The van der Waals surface area contributed by atoms with Crippen LogP contribution in [0.25, 0.3) is 0 Å². The van der Waals surface area contributed by atoms with Gasteiger partial charge in [0.25, 0.3) is 5.91 Å². The number of carbonyl (C=O) groups is 2. The molecule has 7 heteroatoms.